The first-order valence-electron chi connectivity index (χ1n) is 9.84. The van der Waals surface area contributed by atoms with Crippen LogP contribution in [0.4, 0.5) is 15.9 Å². The predicted octanol–water partition coefficient (Wildman–Crippen LogP) is 4.24. The molecule has 156 valence electrons. The van der Waals surface area contributed by atoms with Gasteiger partial charge in [-0.1, -0.05) is 6.07 Å². The number of piperidine rings is 1. The van der Waals surface area contributed by atoms with E-state index in [1.807, 2.05) is 37.3 Å². The molecule has 0 radical (unpaired) electrons. The Bertz CT molecular complexity index is 1120. The Morgan fingerprint density at radius 2 is 1.93 bits per heavy atom. The van der Waals surface area contributed by atoms with Gasteiger partial charge >= 0.3 is 0 Å². The number of anilines is 2. The van der Waals surface area contributed by atoms with Crippen LogP contribution in [0.1, 0.15) is 30.1 Å². The normalized spacial score (nSPS) is 17.6. The summed E-state index contributed by atoms with van der Waals surface area (Å²) >= 11 is 0. The Morgan fingerprint density at radius 1 is 1.13 bits per heavy atom. The van der Waals surface area contributed by atoms with E-state index in [0.29, 0.717) is 13.1 Å². The average Bonchev–Trinajstić information content (AvgIpc) is 2.74. The topological polar surface area (TPSA) is 75.2 Å². The quantitative estimate of drug-likeness (QED) is 0.661. The van der Waals surface area contributed by atoms with Crippen molar-refractivity contribution in [2.24, 2.45) is 0 Å². The molecule has 3 aromatic rings. The first kappa shape index (κ1) is 20.4. The third-order valence-electron chi connectivity index (χ3n) is 5.16. The van der Waals surface area contributed by atoms with Crippen LogP contribution >= 0.6 is 0 Å². The predicted molar refractivity (Wildman–Crippen MR) is 114 cm³/mol. The summed E-state index contributed by atoms with van der Waals surface area (Å²) in [6, 6.07) is 14.5. The minimum atomic E-state index is -3.68. The van der Waals surface area contributed by atoms with Gasteiger partial charge < -0.3 is 5.32 Å². The summed E-state index contributed by atoms with van der Waals surface area (Å²) in [7, 11) is -3.68. The summed E-state index contributed by atoms with van der Waals surface area (Å²) in [4.78, 5) is 9.06. The fourth-order valence-corrected chi connectivity index (χ4v) is 5.24. The molecule has 4 rings (SSSR count). The molecule has 0 amide bonds. The number of rotatable bonds is 5. The van der Waals surface area contributed by atoms with Crippen LogP contribution in [-0.2, 0) is 10.0 Å². The third-order valence-corrected chi connectivity index (χ3v) is 7.04. The number of hydrogen-bond acceptors (Lipinski definition) is 5. The molecule has 2 aromatic heterocycles. The molecule has 0 aliphatic carbocycles. The fourth-order valence-electron chi connectivity index (χ4n) is 3.72. The van der Waals surface area contributed by atoms with Crippen molar-refractivity contribution in [3.05, 3.63) is 78.0 Å². The van der Waals surface area contributed by atoms with Crippen molar-refractivity contribution in [1.29, 1.82) is 0 Å². The highest BCUT2D eigenvalue weighted by Gasteiger charge is 2.31. The van der Waals surface area contributed by atoms with Crippen LogP contribution in [0.5, 0.6) is 0 Å². The van der Waals surface area contributed by atoms with Gasteiger partial charge in [-0.25, -0.2) is 17.8 Å². The lowest BCUT2D eigenvalue weighted by Crippen LogP contribution is -2.39. The van der Waals surface area contributed by atoms with Crippen LogP contribution in [0.25, 0.3) is 0 Å². The van der Waals surface area contributed by atoms with E-state index in [2.05, 4.69) is 15.3 Å². The van der Waals surface area contributed by atoms with Crippen molar-refractivity contribution >= 4 is 21.5 Å². The van der Waals surface area contributed by atoms with Gasteiger partial charge in [0.2, 0.25) is 10.0 Å². The molecule has 0 unspecified atom stereocenters. The second-order valence-corrected chi connectivity index (χ2v) is 9.36. The summed E-state index contributed by atoms with van der Waals surface area (Å²) < 4.78 is 40.7. The second kappa shape index (κ2) is 8.49. The number of nitrogens with one attached hydrogen (secondary N) is 1. The number of hydrogen-bond donors (Lipinski definition) is 1. The molecule has 8 heteroatoms. The Morgan fingerprint density at radius 3 is 2.67 bits per heavy atom. The Balaban J connectivity index is 1.56. The number of halogens is 1. The van der Waals surface area contributed by atoms with Gasteiger partial charge in [0.15, 0.2) is 0 Å². The van der Waals surface area contributed by atoms with E-state index < -0.39 is 15.8 Å². The Labute approximate surface area is 175 Å². The maximum Gasteiger partial charge on any atom is 0.243 e. The summed E-state index contributed by atoms with van der Waals surface area (Å²) in [6.07, 6.45) is 3.31. The Hall–Kier alpha value is -2.84. The molecule has 0 saturated carbocycles. The molecule has 6 nitrogen and oxygen atoms in total. The molecule has 1 fully saturated rings. The van der Waals surface area contributed by atoms with Gasteiger partial charge in [-0.05, 0) is 68.3 Å². The zero-order valence-electron chi connectivity index (χ0n) is 16.6. The standard InChI is InChI=1S/C22H23FN4O2S/c1-16-13-19(26-22-6-2-3-11-24-22)14-21(25-16)17-5-4-12-27(15-17)30(28,29)20-9-7-18(23)8-10-20/h2-3,6-11,13-14,17H,4-5,12,15H2,1H3,(H,24,25,26)/t17-/m0/s1. The zero-order valence-corrected chi connectivity index (χ0v) is 17.4. The summed E-state index contributed by atoms with van der Waals surface area (Å²) in [5, 5.41) is 3.28. The number of pyridine rings is 2. The van der Waals surface area contributed by atoms with Crippen molar-refractivity contribution in [1.82, 2.24) is 14.3 Å². The third kappa shape index (κ3) is 4.49. The minimum Gasteiger partial charge on any atom is -0.340 e. The highest BCUT2D eigenvalue weighted by molar-refractivity contribution is 7.89. The smallest absolute Gasteiger partial charge is 0.243 e. The molecule has 1 aliphatic rings. The first-order valence-corrected chi connectivity index (χ1v) is 11.3. The number of aromatic nitrogens is 2. The highest BCUT2D eigenvalue weighted by Crippen LogP contribution is 2.31. The van der Waals surface area contributed by atoms with E-state index >= 15 is 0 Å². The summed E-state index contributed by atoms with van der Waals surface area (Å²) in [5.74, 6) is 0.263. The molecule has 0 spiro atoms. The van der Waals surface area contributed by atoms with Crippen LogP contribution in [0.3, 0.4) is 0 Å². The molecular weight excluding hydrogens is 403 g/mol. The van der Waals surface area contributed by atoms with E-state index in [-0.39, 0.29) is 10.8 Å². The number of aryl methyl sites for hydroxylation is 1. The van der Waals surface area contributed by atoms with Crippen LogP contribution < -0.4 is 5.32 Å². The van der Waals surface area contributed by atoms with Gasteiger partial charge in [0.05, 0.1) is 4.90 Å². The number of nitrogens with zero attached hydrogens (tertiary/aromatic N) is 3. The monoisotopic (exact) mass is 426 g/mol. The first-order chi connectivity index (χ1) is 14.4. The largest absolute Gasteiger partial charge is 0.340 e. The van der Waals surface area contributed by atoms with Crippen molar-refractivity contribution in [3.63, 3.8) is 0 Å². The summed E-state index contributed by atoms with van der Waals surface area (Å²) in [6.45, 7) is 2.71. The molecule has 30 heavy (non-hydrogen) atoms. The molecule has 0 bridgehead atoms. The van der Waals surface area contributed by atoms with Crippen LogP contribution in [-0.4, -0.2) is 35.8 Å². The van der Waals surface area contributed by atoms with E-state index in [1.165, 1.54) is 28.6 Å². The molecule has 1 saturated heterocycles. The van der Waals surface area contributed by atoms with Gasteiger partial charge in [-0.15, -0.1) is 0 Å². The van der Waals surface area contributed by atoms with E-state index in [1.54, 1.807) is 6.20 Å². The Kier molecular flexibility index (Phi) is 5.78. The maximum absolute atomic E-state index is 13.2. The van der Waals surface area contributed by atoms with Crippen LogP contribution in [0.15, 0.2) is 65.7 Å². The van der Waals surface area contributed by atoms with Gasteiger partial charge in [0, 0.05) is 42.3 Å². The van der Waals surface area contributed by atoms with E-state index in [4.69, 9.17) is 0 Å². The number of sulfonamides is 1. The lowest BCUT2D eigenvalue weighted by molar-refractivity contribution is 0.312. The molecule has 1 atom stereocenters. The van der Waals surface area contributed by atoms with Crippen molar-refractivity contribution < 1.29 is 12.8 Å². The molecule has 1 N–H and O–H groups in total. The van der Waals surface area contributed by atoms with Gasteiger partial charge in [0.25, 0.3) is 0 Å². The SMILES string of the molecule is Cc1cc(Nc2ccccn2)cc([C@H]2CCCN(S(=O)(=O)c3ccc(F)cc3)C2)n1. The van der Waals surface area contributed by atoms with E-state index in [9.17, 15) is 12.8 Å². The van der Waals surface area contributed by atoms with Crippen molar-refractivity contribution in [2.75, 3.05) is 18.4 Å². The van der Waals surface area contributed by atoms with Crippen molar-refractivity contribution in [3.8, 4) is 0 Å². The molecular formula is C22H23FN4O2S. The van der Waals surface area contributed by atoms with Gasteiger partial charge in [-0.3, -0.25) is 4.98 Å². The van der Waals surface area contributed by atoms with Gasteiger partial charge in [-0.2, -0.15) is 4.31 Å². The lowest BCUT2D eigenvalue weighted by atomic mass is 9.95. The van der Waals surface area contributed by atoms with Crippen molar-refractivity contribution in [2.45, 2.75) is 30.6 Å². The average molecular weight is 427 g/mol. The highest BCUT2D eigenvalue weighted by atomic mass is 32.2. The molecule has 3 heterocycles. The zero-order chi connectivity index (χ0) is 21.1. The lowest BCUT2D eigenvalue weighted by Gasteiger charge is -2.32. The maximum atomic E-state index is 13.2. The number of benzene rings is 1. The molecule has 1 aromatic carbocycles. The summed E-state index contributed by atoms with van der Waals surface area (Å²) in [5.41, 5.74) is 2.58. The van der Waals surface area contributed by atoms with Gasteiger partial charge in [0.1, 0.15) is 11.6 Å². The van der Waals surface area contributed by atoms with Crippen LogP contribution in [0.2, 0.25) is 0 Å². The second-order valence-electron chi connectivity index (χ2n) is 7.42. The fraction of sp³-hybridized carbons (Fsp3) is 0.273. The molecule has 1 aliphatic heterocycles. The van der Waals surface area contributed by atoms with Crippen LogP contribution in [0, 0.1) is 12.7 Å². The minimum absolute atomic E-state index is 0.0156. The van der Waals surface area contributed by atoms with E-state index in [0.717, 1.165) is 35.7 Å².